The molecule has 0 fully saturated rings. The Balaban J connectivity index is 2.66. The first-order chi connectivity index (χ1) is 12.8. The zero-order valence-electron chi connectivity index (χ0n) is 15.3. The highest BCUT2D eigenvalue weighted by molar-refractivity contribution is 5.83. The molecule has 0 atom stereocenters. The molecule has 2 aromatic rings. The molecule has 0 aromatic heterocycles. The summed E-state index contributed by atoms with van der Waals surface area (Å²) < 4.78 is 38.0. The molecule has 0 saturated heterocycles. The topological polar surface area (TPSA) is 52.6 Å². The smallest absolute Gasteiger partial charge is 0.302 e. The Hall–Kier alpha value is -3.02. The van der Waals surface area contributed by atoms with Gasteiger partial charge >= 0.3 is 11.9 Å². The van der Waals surface area contributed by atoms with Gasteiger partial charge in [-0.25, -0.2) is 8.78 Å². The Morgan fingerprint density at radius 2 is 1.44 bits per heavy atom. The van der Waals surface area contributed by atoms with E-state index in [0.29, 0.717) is 16.7 Å². The average Bonchev–Trinajstić information content (AvgIpc) is 2.59. The van der Waals surface area contributed by atoms with E-state index in [0.717, 1.165) is 17.7 Å². The number of carbonyl (C=O) groups excluding carboxylic acids is 2. The van der Waals surface area contributed by atoms with Gasteiger partial charge < -0.3 is 9.47 Å². The first-order valence-electron chi connectivity index (χ1n) is 8.29. The monoisotopic (exact) mass is 374 g/mol. The lowest BCUT2D eigenvalue weighted by atomic mass is 9.92. The zero-order chi connectivity index (χ0) is 20.0. The van der Waals surface area contributed by atoms with E-state index < -0.39 is 23.6 Å². The van der Waals surface area contributed by atoms with E-state index in [2.05, 4.69) is 0 Å². The minimum absolute atomic E-state index is 0.120. The van der Waals surface area contributed by atoms with Crippen molar-refractivity contribution in [2.75, 3.05) is 13.2 Å². The van der Waals surface area contributed by atoms with Gasteiger partial charge in [-0.1, -0.05) is 29.8 Å². The third kappa shape index (κ3) is 5.74. The summed E-state index contributed by atoms with van der Waals surface area (Å²) in [5, 5.41) is 0. The Kier molecular flexibility index (Phi) is 6.82. The Labute approximate surface area is 156 Å². The van der Waals surface area contributed by atoms with Crippen molar-refractivity contribution in [3.05, 3.63) is 76.4 Å². The molecule has 2 rings (SSSR count). The molecule has 0 spiro atoms. The molecule has 0 aliphatic carbocycles. The predicted molar refractivity (Wildman–Crippen MR) is 96.8 cm³/mol. The van der Waals surface area contributed by atoms with Gasteiger partial charge in [0.15, 0.2) is 0 Å². The van der Waals surface area contributed by atoms with E-state index >= 15 is 0 Å². The number of ether oxygens (including phenoxy) is 2. The van der Waals surface area contributed by atoms with Gasteiger partial charge in [0.05, 0.1) is 0 Å². The van der Waals surface area contributed by atoms with Crippen LogP contribution in [-0.4, -0.2) is 25.2 Å². The summed E-state index contributed by atoms with van der Waals surface area (Å²) in [6.07, 6.45) is 0. The van der Waals surface area contributed by atoms with Crippen LogP contribution in [0.3, 0.4) is 0 Å². The van der Waals surface area contributed by atoms with E-state index in [4.69, 9.17) is 9.47 Å². The van der Waals surface area contributed by atoms with Gasteiger partial charge in [-0.05, 0) is 30.2 Å². The fourth-order valence-electron chi connectivity index (χ4n) is 2.53. The summed E-state index contributed by atoms with van der Waals surface area (Å²) in [6, 6.07) is 10.4. The summed E-state index contributed by atoms with van der Waals surface area (Å²) in [7, 11) is 0. The van der Waals surface area contributed by atoms with Gasteiger partial charge in [-0.15, -0.1) is 0 Å². The minimum Gasteiger partial charge on any atom is -0.461 e. The van der Waals surface area contributed by atoms with E-state index in [1.165, 1.54) is 19.9 Å². The molecule has 6 heteroatoms. The lowest BCUT2D eigenvalue weighted by Crippen LogP contribution is -2.13. The Morgan fingerprint density at radius 1 is 0.889 bits per heavy atom. The van der Waals surface area contributed by atoms with Crippen molar-refractivity contribution in [3.63, 3.8) is 0 Å². The van der Waals surface area contributed by atoms with Gasteiger partial charge in [0, 0.05) is 31.1 Å². The second kappa shape index (κ2) is 9.07. The molecule has 0 amide bonds. The fourth-order valence-corrected chi connectivity index (χ4v) is 2.53. The molecular weight excluding hydrogens is 354 g/mol. The summed E-state index contributed by atoms with van der Waals surface area (Å²) in [6.45, 7) is 4.01. The molecule has 0 radical (unpaired) electrons. The molecule has 2 aromatic carbocycles. The summed E-state index contributed by atoms with van der Waals surface area (Å²) in [5.41, 5.74) is 2.51. The number of hydrogen-bond donors (Lipinski definition) is 0. The minimum atomic E-state index is -0.770. The number of rotatable bonds is 6. The molecular formula is C21H20F2O4. The summed E-state index contributed by atoms with van der Waals surface area (Å²) in [5.74, 6) is -2.54. The van der Waals surface area contributed by atoms with Crippen LogP contribution in [0.2, 0.25) is 0 Å². The highest BCUT2D eigenvalue weighted by Crippen LogP contribution is 2.30. The van der Waals surface area contributed by atoms with Gasteiger partial charge in [0.1, 0.15) is 24.8 Å². The van der Waals surface area contributed by atoms with Gasteiger partial charge in [-0.3, -0.25) is 9.59 Å². The lowest BCUT2D eigenvalue weighted by Gasteiger charge is -2.17. The van der Waals surface area contributed by atoms with E-state index in [9.17, 15) is 18.4 Å². The third-order valence-corrected chi connectivity index (χ3v) is 3.79. The number of carbonyl (C=O) groups is 2. The molecule has 27 heavy (non-hydrogen) atoms. The summed E-state index contributed by atoms with van der Waals surface area (Å²) >= 11 is 0. The Morgan fingerprint density at radius 3 is 1.93 bits per heavy atom. The second-order valence-electron chi connectivity index (χ2n) is 6.03. The quantitative estimate of drug-likeness (QED) is 0.711. The van der Waals surface area contributed by atoms with Crippen molar-refractivity contribution in [1.29, 1.82) is 0 Å². The second-order valence-corrected chi connectivity index (χ2v) is 6.03. The highest BCUT2D eigenvalue weighted by atomic mass is 19.1. The van der Waals surface area contributed by atoms with Crippen molar-refractivity contribution in [1.82, 2.24) is 0 Å². The molecule has 4 nitrogen and oxygen atoms in total. The maximum absolute atomic E-state index is 14.5. The maximum Gasteiger partial charge on any atom is 0.302 e. The van der Waals surface area contributed by atoms with E-state index in [1.807, 2.05) is 19.1 Å². The first kappa shape index (κ1) is 20.3. The molecule has 0 bridgehead atoms. The van der Waals surface area contributed by atoms with Gasteiger partial charge in [-0.2, -0.15) is 0 Å². The normalized spacial score (nSPS) is 10.3. The molecule has 0 aliphatic heterocycles. The molecule has 0 heterocycles. The number of hydrogen-bond acceptors (Lipinski definition) is 4. The molecule has 0 aliphatic rings. The van der Waals surface area contributed by atoms with Crippen LogP contribution in [-0.2, 0) is 19.1 Å². The van der Waals surface area contributed by atoms with Crippen LogP contribution < -0.4 is 0 Å². The standard InChI is InChI=1S/C21H20F2O4/c1-13-4-6-16(7-5-13)21(19-9-8-18(22)10-20(19)23)17(11-26-14(2)24)12-27-15(3)25/h4-10H,11-12H2,1-3H3. The molecule has 0 N–H and O–H groups in total. The third-order valence-electron chi connectivity index (χ3n) is 3.79. The van der Waals surface area contributed by atoms with Crippen LogP contribution in [0.1, 0.15) is 30.5 Å². The van der Waals surface area contributed by atoms with E-state index in [-0.39, 0.29) is 18.8 Å². The number of aryl methyl sites for hydroxylation is 1. The van der Waals surface area contributed by atoms with Gasteiger partial charge in [0.25, 0.3) is 0 Å². The lowest BCUT2D eigenvalue weighted by molar-refractivity contribution is -0.141. The van der Waals surface area contributed by atoms with Crippen LogP contribution in [0.4, 0.5) is 8.78 Å². The fraction of sp³-hybridized carbons (Fsp3) is 0.238. The number of benzene rings is 2. The van der Waals surface area contributed by atoms with Crippen LogP contribution in [0, 0.1) is 18.6 Å². The maximum atomic E-state index is 14.5. The highest BCUT2D eigenvalue weighted by Gasteiger charge is 2.18. The summed E-state index contributed by atoms with van der Waals surface area (Å²) in [4.78, 5) is 22.5. The van der Waals surface area contributed by atoms with Crippen molar-refractivity contribution >= 4 is 17.5 Å². The number of halogens is 2. The van der Waals surface area contributed by atoms with E-state index in [1.54, 1.807) is 12.1 Å². The largest absolute Gasteiger partial charge is 0.461 e. The Bertz CT molecular complexity index is 850. The van der Waals surface area contributed by atoms with Crippen molar-refractivity contribution in [2.45, 2.75) is 20.8 Å². The molecule has 142 valence electrons. The van der Waals surface area contributed by atoms with Crippen LogP contribution in [0.15, 0.2) is 48.0 Å². The SMILES string of the molecule is CC(=O)OCC(COC(C)=O)=C(c1ccc(C)cc1)c1ccc(F)cc1F. The number of esters is 2. The van der Waals surface area contributed by atoms with Gasteiger partial charge in [0.2, 0.25) is 0 Å². The molecule has 0 saturated carbocycles. The van der Waals surface area contributed by atoms with Crippen molar-refractivity contribution < 1.29 is 27.8 Å². The molecule has 0 unspecified atom stereocenters. The van der Waals surface area contributed by atoms with Crippen LogP contribution >= 0.6 is 0 Å². The van der Waals surface area contributed by atoms with Crippen molar-refractivity contribution in [2.24, 2.45) is 0 Å². The van der Waals surface area contributed by atoms with Crippen LogP contribution in [0.25, 0.3) is 5.57 Å². The van der Waals surface area contributed by atoms with Crippen molar-refractivity contribution in [3.8, 4) is 0 Å². The first-order valence-corrected chi connectivity index (χ1v) is 8.29. The zero-order valence-corrected chi connectivity index (χ0v) is 15.3. The average molecular weight is 374 g/mol. The predicted octanol–water partition coefficient (Wildman–Crippen LogP) is 4.20. The van der Waals surface area contributed by atoms with Crippen LogP contribution in [0.5, 0.6) is 0 Å².